The van der Waals surface area contributed by atoms with Gasteiger partial charge < -0.3 is 14.7 Å². The molecule has 0 bridgehead atoms. The minimum atomic E-state index is -3.62. The zero-order chi connectivity index (χ0) is 27.4. The number of fused-ring (bicyclic) bond motifs is 1. The summed E-state index contributed by atoms with van der Waals surface area (Å²) in [6.45, 7) is 8.57. The Labute approximate surface area is 231 Å². The topological polar surface area (TPSA) is 112 Å². The number of likely N-dealkylation sites (tertiary alicyclic amines) is 1. The summed E-state index contributed by atoms with van der Waals surface area (Å²) in [4.78, 5) is 4.51. The molecule has 2 aromatic heterocycles. The Hall–Kier alpha value is -2.41. The van der Waals surface area contributed by atoms with Gasteiger partial charge in [-0.1, -0.05) is 50.2 Å². The number of hydrogen-bond acceptors (Lipinski definition) is 8. The minimum Gasteiger partial charge on any atom is -0.392 e. The van der Waals surface area contributed by atoms with Gasteiger partial charge in [0.2, 0.25) is 10.0 Å². The van der Waals surface area contributed by atoms with E-state index in [1.807, 2.05) is 52.9 Å². The molecule has 0 amide bonds. The number of sulfonamides is 1. The van der Waals surface area contributed by atoms with Gasteiger partial charge in [-0.15, -0.1) is 10.2 Å². The fourth-order valence-electron chi connectivity index (χ4n) is 5.72. The Kier molecular flexibility index (Phi) is 8.95. The number of hydrogen-bond donors (Lipinski definition) is 2. The first-order valence-corrected chi connectivity index (χ1v) is 15.5. The summed E-state index contributed by atoms with van der Waals surface area (Å²) in [7, 11) is -3.62. The Morgan fingerprint density at radius 1 is 1.10 bits per heavy atom. The summed E-state index contributed by atoms with van der Waals surface area (Å²) >= 11 is 0. The highest BCUT2D eigenvalue weighted by Gasteiger charge is 2.42. The monoisotopic (exact) mass is 556 g/mol. The fraction of sp³-hybridized carbons (Fsp3) is 0.571. The third-order valence-corrected chi connectivity index (χ3v) is 9.89. The lowest BCUT2D eigenvalue weighted by Crippen LogP contribution is -2.53. The van der Waals surface area contributed by atoms with Crippen LogP contribution in [0.15, 0.2) is 48.5 Å². The van der Waals surface area contributed by atoms with Gasteiger partial charge in [-0.3, -0.25) is 9.30 Å². The summed E-state index contributed by atoms with van der Waals surface area (Å²) in [6, 6.07) is 15.2. The zero-order valence-corrected chi connectivity index (χ0v) is 23.6. The van der Waals surface area contributed by atoms with Crippen LogP contribution in [0.1, 0.15) is 56.2 Å². The number of β-amino-alcohol motifs (C(OH)–C–C–N with tert-alkyl or cyclic N) is 1. The van der Waals surface area contributed by atoms with E-state index in [1.165, 1.54) is 0 Å². The summed E-state index contributed by atoms with van der Waals surface area (Å²) < 4.78 is 38.0. The highest BCUT2D eigenvalue weighted by Crippen LogP contribution is 2.32. The molecule has 2 aliphatic rings. The molecule has 0 radical (unpaired) electrons. The summed E-state index contributed by atoms with van der Waals surface area (Å²) in [5.41, 5.74) is 2.61. The highest BCUT2D eigenvalue weighted by molar-refractivity contribution is 7.90. The van der Waals surface area contributed by atoms with Crippen LogP contribution in [-0.4, -0.2) is 88.1 Å². The molecular formula is C28H40N6O4S. The van der Waals surface area contributed by atoms with Crippen molar-refractivity contribution in [2.45, 2.75) is 69.7 Å². The Morgan fingerprint density at radius 2 is 1.87 bits per heavy atom. The summed E-state index contributed by atoms with van der Waals surface area (Å²) in [6.07, 6.45) is 1.67. The molecule has 3 aromatic rings. The molecule has 3 heterocycles. The predicted molar refractivity (Wildman–Crippen MR) is 150 cm³/mol. The van der Waals surface area contributed by atoms with Gasteiger partial charge in [0.15, 0.2) is 11.5 Å². The van der Waals surface area contributed by atoms with Crippen molar-refractivity contribution in [3.8, 4) is 0 Å². The standard InChI is InChI=1S/C28H40N6O4S/c1-3-33(4-2)23-15-25(16-23)39(36,37)31-26(20-38-19-21-9-6-5-7-10-21)28-30-29-27-12-8-11-22(34(27)28)17-32-14-13-24(35)18-32/h5-12,23-26,31,35H,3-4,13-20H2,1-2H3. The van der Waals surface area contributed by atoms with E-state index in [1.54, 1.807) is 0 Å². The molecule has 11 heteroatoms. The van der Waals surface area contributed by atoms with E-state index < -0.39 is 21.3 Å². The molecular weight excluding hydrogens is 516 g/mol. The molecule has 2 unspecified atom stereocenters. The van der Waals surface area contributed by atoms with Crippen LogP contribution in [0.3, 0.4) is 0 Å². The third-order valence-electron chi connectivity index (χ3n) is 8.02. The molecule has 2 N–H and O–H groups in total. The molecule has 5 rings (SSSR count). The number of benzene rings is 1. The molecule has 212 valence electrons. The highest BCUT2D eigenvalue weighted by atomic mass is 32.2. The molecule has 1 aliphatic carbocycles. The van der Waals surface area contributed by atoms with E-state index in [4.69, 9.17) is 4.74 Å². The van der Waals surface area contributed by atoms with Gasteiger partial charge >= 0.3 is 0 Å². The van der Waals surface area contributed by atoms with Crippen molar-refractivity contribution in [1.82, 2.24) is 29.1 Å². The van der Waals surface area contributed by atoms with Crippen LogP contribution in [0.4, 0.5) is 0 Å². The number of rotatable bonds is 13. The number of pyridine rings is 1. The van der Waals surface area contributed by atoms with E-state index in [0.717, 1.165) is 37.3 Å². The molecule has 10 nitrogen and oxygen atoms in total. The Balaban J connectivity index is 1.38. The minimum absolute atomic E-state index is 0.123. The number of nitrogens with zero attached hydrogens (tertiary/aromatic N) is 5. The Bertz CT molecular complexity index is 1320. The molecule has 1 saturated carbocycles. The van der Waals surface area contributed by atoms with Crippen LogP contribution in [-0.2, 0) is 27.9 Å². The maximum atomic E-state index is 13.6. The Morgan fingerprint density at radius 3 is 2.56 bits per heavy atom. The molecule has 0 spiro atoms. The molecule has 2 atom stereocenters. The summed E-state index contributed by atoms with van der Waals surface area (Å²) in [5.74, 6) is 0.511. The van der Waals surface area contributed by atoms with Gasteiger partial charge in [0, 0.05) is 31.4 Å². The average molecular weight is 557 g/mol. The van der Waals surface area contributed by atoms with Gasteiger partial charge in [-0.05, 0) is 50.0 Å². The van der Waals surface area contributed by atoms with Crippen molar-refractivity contribution in [3.05, 3.63) is 65.6 Å². The number of aliphatic hydroxyl groups is 1. The third kappa shape index (κ3) is 6.50. The molecule has 2 fully saturated rings. The fourth-order valence-corrected chi connectivity index (χ4v) is 7.43. The van der Waals surface area contributed by atoms with Crippen LogP contribution in [0.5, 0.6) is 0 Å². The lowest BCUT2D eigenvalue weighted by atomic mass is 9.91. The second-order valence-electron chi connectivity index (χ2n) is 10.6. The summed E-state index contributed by atoms with van der Waals surface area (Å²) in [5, 5.41) is 18.4. The van der Waals surface area contributed by atoms with Gasteiger partial charge in [0.05, 0.1) is 24.6 Å². The quantitative estimate of drug-likeness (QED) is 0.330. The molecule has 1 saturated heterocycles. The van der Waals surface area contributed by atoms with Crippen molar-refractivity contribution >= 4 is 15.7 Å². The van der Waals surface area contributed by atoms with Gasteiger partial charge in [-0.25, -0.2) is 13.1 Å². The molecule has 1 aromatic carbocycles. The SMILES string of the molecule is CCN(CC)C1CC(S(=O)(=O)NC(COCc2ccccc2)c2nnc3cccc(CN4CCC(O)C4)n23)C1. The number of ether oxygens (including phenoxy) is 1. The van der Waals surface area contributed by atoms with Crippen LogP contribution < -0.4 is 4.72 Å². The second kappa shape index (κ2) is 12.4. The first-order chi connectivity index (χ1) is 18.9. The number of aliphatic hydroxyl groups excluding tert-OH is 1. The number of aromatic nitrogens is 3. The van der Waals surface area contributed by atoms with E-state index >= 15 is 0 Å². The van der Waals surface area contributed by atoms with Crippen molar-refractivity contribution in [2.24, 2.45) is 0 Å². The van der Waals surface area contributed by atoms with E-state index in [2.05, 4.69) is 38.6 Å². The van der Waals surface area contributed by atoms with Gasteiger partial charge in [-0.2, -0.15) is 0 Å². The van der Waals surface area contributed by atoms with E-state index in [0.29, 0.717) is 50.1 Å². The van der Waals surface area contributed by atoms with Crippen LogP contribution in [0, 0.1) is 0 Å². The van der Waals surface area contributed by atoms with E-state index in [-0.39, 0.29) is 12.7 Å². The van der Waals surface area contributed by atoms with Gasteiger partial charge in [0.25, 0.3) is 0 Å². The van der Waals surface area contributed by atoms with Crippen molar-refractivity contribution < 1.29 is 18.3 Å². The zero-order valence-electron chi connectivity index (χ0n) is 22.8. The first-order valence-electron chi connectivity index (χ1n) is 14.0. The van der Waals surface area contributed by atoms with Crippen LogP contribution in [0.25, 0.3) is 5.65 Å². The second-order valence-corrected chi connectivity index (χ2v) is 12.6. The van der Waals surface area contributed by atoms with Crippen molar-refractivity contribution in [3.63, 3.8) is 0 Å². The normalized spacial score (nSPS) is 22.9. The van der Waals surface area contributed by atoms with E-state index in [9.17, 15) is 13.5 Å². The maximum Gasteiger partial charge on any atom is 0.215 e. The lowest BCUT2D eigenvalue weighted by Gasteiger charge is -2.42. The molecule has 39 heavy (non-hydrogen) atoms. The smallest absolute Gasteiger partial charge is 0.215 e. The predicted octanol–water partition coefficient (Wildman–Crippen LogP) is 2.35. The molecule has 1 aliphatic heterocycles. The van der Waals surface area contributed by atoms with Gasteiger partial charge in [0.1, 0.15) is 6.04 Å². The lowest BCUT2D eigenvalue weighted by molar-refractivity contribution is 0.101. The largest absolute Gasteiger partial charge is 0.392 e. The average Bonchev–Trinajstić information content (AvgIpc) is 3.52. The maximum absolute atomic E-state index is 13.6. The van der Waals surface area contributed by atoms with Crippen LogP contribution >= 0.6 is 0 Å². The van der Waals surface area contributed by atoms with Crippen LogP contribution in [0.2, 0.25) is 0 Å². The first kappa shape index (κ1) is 28.1. The van der Waals surface area contributed by atoms with Crippen molar-refractivity contribution in [1.29, 1.82) is 0 Å². The number of nitrogens with one attached hydrogen (secondary N) is 1. The van der Waals surface area contributed by atoms with Crippen molar-refractivity contribution in [2.75, 3.05) is 32.8 Å².